The van der Waals surface area contributed by atoms with Crippen molar-refractivity contribution >= 4 is 18.1 Å². The quantitative estimate of drug-likeness (QED) is 0.550. The fourth-order valence-corrected chi connectivity index (χ4v) is 3.66. The van der Waals surface area contributed by atoms with E-state index in [1.54, 1.807) is 9.80 Å². The lowest BCUT2D eigenvalue weighted by atomic mass is 9.98. The molecule has 30 heavy (non-hydrogen) atoms. The Labute approximate surface area is 180 Å². The van der Waals surface area contributed by atoms with Crippen LogP contribution in [-0.2, 0) is 9.47 Å². The van der Waals surface area contributed by atoms with Crippen molar-refractivity contribution in [1.29, 1.82) is 0 Å². The maximum absolute atomic E-state index is 12.4. The van der Waals surface area contributed by atoms with Gasteiger partial charge < -0.3 is 29.5 Å². The Hall–Kier alpha value is -2.19. The molecule has 0 aromatic rings. The minimum absolute atomic E-state index is 0.238. The molecule has 9 heteroatoms. The number of piperazine rings is 1. The third-order valence-electron chi connectivity index (χ3n) is 5.11. The highest BCUT2D eigenvalue weighted by Crippen LogP contribution is 2.20. The number of guanidine groups is 1. The summed E-state index contributed by atoms with van der Waals surface area (Å²) in [6, 6.07) is 0. The fourth-order valence-electron chi connectivity index (χ4n) is 3.66. The third kappa shape index (κ3) is 7.57. The molecule has 1 atom stereocenters. The van der Waals surface area contributed by atoms with Crippen molar-refractivity contribution < 1.29 is 19.1 Å². The standard InChI is InChI=1S/C21H39N5O4/c1-6-22-18(24-11-13-25(14-12-24)19(27)29-7-2)23-15-17-9-8-10-26(16-17)20(28)30-21(3,4)5/h17H,6-16H2,1-5H3,(H,22,23). The van der Waals surface area contributed by atoms with Gasteiger partial charge >= 0.3 is 12.2 Å². The first kappa shape index (κ1) is 24.1. The predicted octanol–water partition coefficient (Wildman–Crippen LogP) is 2.37. The van der Waals surface area contributed by atoms with Crippen LogP contribution in [0.5, 0.6) is 0 Å². The highest BCUT2D eigenvalue weighted by molar-refractivity contribution is 5.80. The minimum atomic E-state index is -0.480. The Morgan fingerprint density at radius 3 is 2.27 bits per heavy atom. The van der Waals surface area contributed by atoms with Crippen LogP contribution in [0, 0.1) is 5.92 Å². The van der Waals surface area contributed by atoms with E-state index >= 15 is 0 Å². The van der Waals surface area contributed by atoms with Crippen LogP contribution in [0.4, 0.5) is 9.59 Å². The van der Waals surface area contributed by atoms with Crippen LogP contribution >= 0.6 is 0 Å². The number of likely N-dealkylation sites (tertiary alicyclic amines) is 1. The largest absolute Gasteiger partial charge is 0.450 e. The molecule has 0 aliphatic carbocycles. The number of hydrogen-bond acceptors (Lipinski definition) is 5. The molecule has 0 radical (unpaired) electrons. The lowest BCUT2D eigenvalue weighted by Crippen LogP contribution is -2.54. The highest BCUT2D eigenvalue weighted by Gasteiger charge is 2.28. The van der Waals surface area contributed by atoms with Gasteiger partial charge in [-0.3, -0.25) is 4.99 Å². The van der Waals surface area contributed by atoms with Gasteiger partial charge in [-0.15, -0.1) is 0 Å². The van der Waals surface area contributed by atoms with Gasteiger partial charge in [0, 0.05) is 52.4 Å². The average Bonchev–Trinajstić information content (AvgIpc) is 2.70. The molecule has 9 nitrogen and oxygen atoms in total. The summed E-state index contributed by atoms with van der Waals surface area (Å²) in [6.07, 6.45) is 1.54. The van der Waals surface area contributed by atoms with E-state index in [0.717, 1.165) is 45.0 Å². The van der Waals surface area contributed by atoms with E-state index in [0.29, 0.717) is 38.7 Å². The Bertz CT molecular complexity index is 597. The molecule has 0 aromatic carbocycles. The lowest BCUT2D eigenvalue weighted by molar-refractivity contribution is 0.0170. The van der Waals surface area contributed by atoms with Crippen molar-refractivity contribution in [3.63, 3.8) is 0 Å². The first-order chi connectivity index (χ1) is 14.2. The fraction of sp³-hybridized carbons (Fsp3) is 0.857. The Morgan fingerprint density at radius 1 is 1.00 bits per heavy atom. The molecule has 0 saturated carbocycles. The van der Waals surface area contributed by atoms with Crippen LogP contribution in [0.25, 0.3) is 0 Å². The summed E-state index contributed by atoms with van der Waals surface area (Å²) in [7, 11) is 0. The van der Waals surface area contributed by atoms with E-state index in [9.17, 15) is 9.59 Å². The van der Waals surface area contributed by atoms with Crippen LogP contribution in [0.15, 0.2) is 4.99 Å². The second-order valence-corrected chi connectivity index (χ2v) is 8.80. The SMILES string of the molecule is CCNC(=NCC1CCCN(C(=O)OC(C)(C)C)C1)N1CCN(C(=O)OCC)CC1. The van der Waals surface area contributed by atoms with Gasteiger partial charge in [0.15, 0.2) is 5.96 Å². The Kier molecular flexibility index (Phi) is 9.05. The second-order valence-electron chi connectivity index (χ2n) is 8.80. The number of amides is 2. The third-order valence-corrected chi connectivity index (χ3v) is 5.11. The van der Waals surface area contributed by atoms with Crippen LogP contribution in [0.3, 0.4) is 0 Å². The van der Waals surface area contributed by atoms with E-state index in [1.807, 2.05) is 27.7 Å². The number of nitrogens with zero attached hydrogens (tertiary/aromatic N) is 4. The lowest BCUT2D eigenvalue weighted by Gasteiger charge is -2.36. The molecule has 2 aliphatic rings. The van der Waals surface area contributed by atoms with Gasteiger partial charge in [0.1, 0.15) is 5.60 Å². The van der Waals surface area contributed by atoms with Gasteiger partial charge in [-0.1, -0.05) is 0 Å². The zero-order valence-electron chi connectivity index (χ0n) is 19.3. The van der Waals surface area contributed by atoms with Gasteiger partial charge in [0.2, 0.25) is 0 Å². The van der Waals surface area contributed by atoms with Crippen molar-refractivity contribution in [1.82, 2.24) is 20.0 Å². The molecule has 1 N–H and O–H groups in total. The van der Waals surface area contributed by atoms with Crippen LogP contribution in [0.1, 0.15) is 47.5 Å². The van der Waals surface area contributed by atoms with Gasteiger partial charge in [-0.05, 0) is 53.4 Å². The number of carbonyl (C=O) groups is 2. The van der Waals surface area contributed by atoms with Crippen molar-refractivity contribution in [2.24, 2.45) is 10.9 Å². The molecule has 1 unspecified atom stereocenters. The molecule has 2 fully saturated rings. The van der Waals surface area contributed by atoms with Crippen molar-refractivity contribution in [2.45, 2.75) is 53.1 Å². The zero-order chi connectivity index (χ0) is 22.1. The maximum atomic E-state index is 12.4. The molecular formula is C21H39N5O4. The summed E-state index contributed by atoms with van der Waals surface area (Å²) in [5.41, 5.74) is -0.480. The molecule has 2 amide bonds. The van der Waals surface area contributed by atoms with E-state index < -0.39 is 5.60 Å². The molecule has 2 saturated heterocycles. The van der Waals surface area contributed by atoms with Gasteiger partial charge in [0.05, 0.1) is 6.61 Å². The number of aliphatic imine (C=N–C) groups is 1. The number of rotatable bonds is 4. The summed E-state index contributed by atoms with van der Waals surface area (Å²) in [5, 5.41) is 3.36. The maximum Gasteiger partial charge on any atom is 0.410 e. The van der Waals surface area contributed by atoms with Crippen LogP contribution in [0.2, 0.25) is 0 Å². The van der Waals surface area contributed by atoms with Crippen LogP contribution < -0.4 is 5.32 Å². The van der Waals surface area contributed by atoms with Crippen LogP contribution in [-0.4, -0.2) is 97.4 Å². The molecule has 0 aromatic heterocycles. The van der Waals surface area contributed by atoms with Crippen molar-refractivity contribution in [3.05, 3.63) is 0 Å². The summed E-state index contributed by atoms with van der Waals surface area (Å²) >= 11 is 0. The van der Waals surface area contributed by atoms with Crippen molar-refractivity contribution in [3.8, 4) is 0 Å². The second kappa shape index (κ2) is 11.3. The first-order valence-electron chi connectivity index (χ1n) is 11.2. The van der Waals surface area contributed by atoms with Crippen molar-refractivity contribution in [2.75, 3.05) is 59.0 Å². The monoisotopic (exact) mass is 425 g/mol. The number of nitrogens with one attached hydrogen (secondary N) is 1. The molecule has 172 valence electrons. The highest BCUT2D eigenvalue weighted by atomic mass is 16.6. The van der Waals surface area contributed by atoms with E-state index in [4.69, 9.17) is 14.5 Å². The summed E-state index contributed by atoms with van der Waals surface area (Å²) < 4.78 is 10.6. The van der Waals surface area contributed by atoms with Gasteiger partial charge in [-0.25, -0.2) is 9.59 Å². The molecular weight excluding hydrogens is 386 g/mol. The van der Waals surface area contributed by atoms with Gasteiger partial charge in [0.25, 0.3) is 0 Å². The average molecular weight is 426 g/mol. The molecule has 0 bridgehead atoms. The topological polar surface area (TPSA) is 86.7 Å². The number of carbonyl (C=O) groups excluding carboxylic acids is 2. The smallest absolute Gasteiger partial charge is 0.410 e. The normalized spacial score (nSPS) is 20.8. The Morgan fingerprint density at radius 2 is 1.67 bits per heavy atom. The van der Waals surface area contributed by atoms with E-state index in [1.165, 1.54) is 0 Å². The summed E-state index contributed by atoms with van der Waals surface area (Å²) in [4.78, 5) is 34.9. The number of hydrogen-bond donors (Lipinski definition) is 1. The first-order valence-corrected chi connectivity index (χ1v) is 11.2. The van der Waals surface area contributed by atoms with Gasteiger partial charge in [-0.2, -0.15) is 0 Å². The minimum Gasteiger partial charge on any atom is -0.450 e. The summed E-state index contributed by atoms with van der Waals surface area (Å²) in [5.74, 6) is 1.19. The zero-order valence-corrected chi connectivity index (χ0v) is 19.3. The van der Waals surface area contributed by atoms with E-state index in [-0.39, 0.29) is 12.2 Å². The molecule has 2 heterocycles. The Balaban J connectivity index is 1.90. The summed E-state index contributed by atoms with van der Waals surface area (Å²) in [6.45, 7) is 15.5. The molecule has 0 spiro atoms. The van der Waals surface area contributed by atoms with E-state index in [2.05, 4.69) is 17.1 Å². The number of piperidine rings is 1. The molecule has 2 aliphatic heterocycles. The predicted molar refractivity (Wildman–Crippen MR) is 117 cm³/mol. The number of ether oxygens (including phenoxy) is 2. The molecule has 2 rings (SSSR count).